The topological polar surface area (TPSA) is 59.8 Å². The molecule has 0 fully saturated rings. The van der Waals surface area contributed by atoms with Crippen LogP contribution in [0.4, 0.5) is 5.69 Å². The Morgan fingerprint density at radius 1 is 1.40 bits per heavy atom. The van der Waals surface area contributed by atoms with Crippen LogP contribution < -0.4 is 5.32 Å². The highest BCUT2D eigenvalue weighted by Crippen LogP contribution is 2.30. The minimum absolute atomic E-state index is 0.0870. The van der Waals surface area contributed by atoms with Gasteiger partial charge in [0.15, 0.2) is 0 Å². The highest BCUT2D eigenvalue weighted by atomic mass is 35.5. The fourth-order valence-electron chi connectivity index (χ4n) is 2.98. The van der Waals surface area contributed by atoms with E-state index >= 15 is 0 Å². The van der Waals surface area contributed by atoms with Gasteiger partial charge >= 0.3 is 0 Å². The van der Waals surface area contributed by atoms with Crippen molar-refractivity contribution in [1.82, 2.24) is 14.8 Å². The van der Waals surface area contributed by atoms with Gasteiger partial charge in [0.1, 0.15) is 0 Å². The number of halogens is 1. The highest BCUT2D eigenvalue weighted by Gasteiger charge is 2.16. The molecule has 1 aliphatic heterocycles. The summed E-state index contributed by atoms with van der Waals surface area (Å²) in [6, 6.07) is 6.31. The van der Waals surface area contributed by atoms with E-state index < -0.39 is 0 Å². The Hall–Kier alpha value is -2.18. The summed E-state index contributed by atoms with van der Waals surface area (Å²) in [5.74, 6) is 0.0870. The Balaban J connectivity index is 1.52. The number of aryl methyl sites for hydroxylation is 1. The van der Waals surface area contributed by atoms with Crippen molar-refractivity contribution < 1.29 is 4.79 Å². The summed E-state index contributed by atoms with van der Waals surface area (Å²) in [7, 11) is 0. The lowest BCUT2D eigenvalue weighted by Gasteiger charge is -2.17. The van der Waals surface area contributed by atoms with E-state index in [4.69, 9.17) is 16.6 Å². The second kappa shape index (κ2) is 6.61. The fraction of sp³-hybridized carbons (Fsp3) is 0.278. The molecule has 0 aliphatic carbocycles. The summed E-state index contributed by atoms with van der Waals surface area (Å²) in [4.78, 5) is 16.2. The van der Waals surface area contributed by atoms with Crippen LogP contribution in [0.3, 0.4) is 0 Å². The molecular formula is C18H17ClN4OS. The Morgan fingerprint density at radius 2 is 2.28 bits per heavy atom. The molecule has 128 valence electrons. The molecule has 3 heterocycles. The molecule has 7 heteroatoms. The molecular weight excluding hydrogens is 356 g/mol. The predicted octanol–water partition coefficient (Wildman–Crippen LogP) is 4.35. The molecule has 2 aromatic heterocycles. The maximum Gasteiger partial charge on any atom is 0.224 e. The molecule has 0 bridgehead atoms. The number of thiazole rings is 1. The van der Waals surface area contributed by atoms with Crippen molar-refractivity contribution in [3.05, 3.63) is 51.6 Å². The van der Waals surface area contributed by atoms with Crippen molar-refractivity contribution >= 4 is 34.5 Å². The van der Waals surface area contributed by atoms with Crippen molar-refractivity contribution in [2.24, 2.45) is 0 Å². The lowest BCUT2D eigenvalue weighted by Crippen LogP contribution is -2.18. The Morgan fingerprint density at radius 3 is 3.08 bits per heavy atom. The average Bonchev–Trinajstić information content (AvgIpc) is 3.23. The molecule has 0 spiro atoms. The van der Waals surface area contributed by atoms with E-state index in [0.29, 0.717) is 11.4 Å². The van der Waals surface area contributed by atoms with E-state index in [-0.39, 0.29) is 11.9 Å². The third-order valence-electron chi connectivity index (χ3n) is 4.34. The molecule has 25 heavy (non-hydrogen) atoms. The normalized spacial score (nSPS) is 14.9. The molecule has 1 unspecified atom stereocenters. The van der Waals surface area contributed by atoms with Crippen LogP contribution in [0.15, 0.2) is 36.0 Å². The van der Waals surface area contributed by atoms with E-state index in [1.165, 1.54) is 5.56 Å². The van der Waals surface area contributed by atoms with Gasteiger partial charge in [-0.05, 0) is 31.0 Å². The second-order valence-electron chi connectivity index (χ2n) is 6.24. The van der Waals surface area contributed by atoms with Gasteiger partial charge in [-0.1, -0.05) is 17.7 Å². The van der Waals surface area contributed by atoms with Crippen LogP contribution in [-0.4, -0.2) is 20.7 Å². The molecule has 0 radical (unpaired) electrons. The zero-order valence-electron chi connectivity index (χ0n) is 13.7. The number of nitrogens with zero attached hydrogens (tertiary/aromatic N) is 3. The van der Waals surface area contributed by atoms with Crippen molar-refractivity contribution in [3.63, 3.8) is 0 Å². The highest BCUT2D eigenvalue weighted by molar-refractivity contribution is 7.09. The number of fused-ring (bicyclic) bond motifs is 1. The largest absolute Gasteiger partial charge is 0.326 e. The van der Waals surface area contributed by atoms with E-state index in [9.17, 15) is 4.79 Å². The molecule has 0 saturated carbocycles. The SMILES string of the molecule is CC(Cc1nc(-c2ccc3c(c2)CCC(=O)N3)cs1)n1cc(Cl)cn1. The number of benzene rings is 1. The van der Waals surface area contributed by atoms with Crippen LogP contribution in [0.2, 0.25) is 5.02 Å². The number of hydrogen-bond acceptors (Lipinski definition) is 4. The molecule has 5 nitrogen and oxygen atoms in total. The van der Waals surface area contributed by atoms with Gasteiger partial charge in [-0.15, -0.1) is 11.3 Å². The van der Waals surface area contributed by atoms with Crippen molar-refractivity contribution in [1.29, 1.82) is 0 Å². The molecule has 1 N–H and O–H groups in total. The number of rotatable bonds is 4. The number of aromatic nitrogens is 3. The molecule has 1 atom stereocenters. The lowest BCUT2D eigenvalue weighted by molar-refractivity contribution is -0.116. The zero-order valence-corrected chi connectivity index (χ0v) is 15.3. The summed E-state index contributed by atoms with van der Waals surface area (Å²) in [5, 5.41) is 11.0. The van der Waals surface area contributed by atoms with Gasteiger partial charge in [0.05, 0.1) is 28.0 Å². The first-order valence-corrected chi connectivity index (χ1v) is 9.41. The number of nitrogens with one attached hydrogen (secondary N) is 1. The molecule has 1 aromatic carbocycles. The van der Waals surface area contributed by atoms with Gasteiger partial charge in [0, 0.05) is 35.7 Å². The van der Waals surface area contributed by atoms with Gasteiger partial charge < -0.3 is 5.32 Å². The predicted molar refractivity (Wildman–Crippen MR) is 100 cm³/mol. The zero-order chi connectivity index (χ0) is 17.4. The first kappa shape index (κ1) is 16.3. The van der Waals surface area contributed by atoms with E-state index in [1.54, 1.807) is 17.5 Å². The number of hydrogen-bond donors (Lipinski definition) is 1. The third kappa shape index (κ3) is 3.45. The number of carbonyl (C=O) groups is 1. The lowest BCUT2D eigenvalue weighted by atomic mass is 9.99. The minimum atomic E-state index is 0.0870. The first-order valence-electron chi connectivity index (χ1n) is 8.16. The van der Waals surface area contributed by atoms with Crippen LogP contribution in [0.5, 0.6) is 0 Å². The fourth-order valence-corrected chi connectivity index (χ4v) is 4.05. The van der Waals surface area contributed by atoms with Crippen LogP contribution in [-0.2, 0) is 17.6 Å². The van der Waals surface area contributed by atoms with Gasteiger partial charge in [0.2, 0.25) is 5.91 Å². The molecule has 4 rings (SSSR count). The van der Waals surface area contributed by atoms with Crippen LogP contribution in [0.1, 0.15) is 30.0 Å². The van der Waals surface area contributed by atoms with E-state index in [1.807, 2.05) is 23.0 Å². The number of carbonyl (C=O) groups excluding carboxylic acids is 1. The Labute approximate surface area is 154 Å². The van der Waals surface area contributed by atoms with Gasteiger partial charge in [-0.3, -0.25) is 9.48 Å². The van der Waals surface area contributed by atoms with Gasteiger partial charge in [-0.25, -0.2) is 4.98 Å². The smallest absolute Gasteiger partial charge is 0.224 e. The Bertz CT molecular complexity index is 933. The van der Waals surface area contributed by atoms with Gasteiger partial charge in [-0.2, -0.15) is 5.10 Å². The maximum absolute atomic E-state index is 11.5. The van der Waals surface area contributed by atoms with Crippen LogP contribution in [0, 0.1) is 0 Å². The monoisotopic (exact) mass is 372 g/mol. The summed E-state index contributed by atoms with van der Waals surface area (Å²) in [6.07, 6.45) is 5.62. The second-order valence-corrected chi connectivity index (χ2v) is 7.62. The first-order chi connectivity index (χ1) is 12.1. The van der Waals surface area contributed by atoms with Gasteiger partial charge in [0.25, 0.3) is 0 Å². The standard InChI is InChI=1S/C18H17ClN4OS/c1-11(23-9-14(19)8-20-23)6-18-22-16(10-25-18)13-2-4-15-12(7-13)3-5-17(24)21-15/h2,4,7-11H,3,5-6H2,1H3,(H,21,24). The molecule has 0 saturated heterocycles. The third-order valence-corrected chi connectivity index (χ3v) is 5.41. The summed E-state index contributed by atoms with van der Waals surface area (Å²) >= 11 is 7.59. The summed E-state index contributed by atoms with van der Waals surface area (Å²) in [6.45, 7) is 2.10. The Kier molecular flexibility index (Phi) is 4.31. The quantitative estimate of drug-likeness (QED) is 0.740. The molecule has 1 amide bonds. The van der Waals surface area contributed by atoms with Crippen molar-refractivity contribution in [3.8, 4) is 11.3 Å². The van der Waals surface area contributed by atoms with E-state index in [0.717, 1.165) is 34.8 Å². The summed E-state index contributed by atoms with van der Waals surface area (Å²) in [5.41, 5.74) is 4.16. The van der Waals surface area contributed by atoms with Crippen LogP contribution >= 0.6 is 22.9 Å². The number of amides is 1. The van der Waals surface area contributed by atoms with Crippen LogP contribution in [0.25, 0.3) is 11.3 Å². The van der Waals surface area contributed by atoms with E-state index in [2.05, 4.69) is 28.8 Å². The van der Waals surface area contributed by atoms with Crippen molar-refractivity contribution in [2.45, 2.75) is 32.2 Å². The minimum Gasteiger partial charge on any atom is -0.326 e. The molecule has 3 aromatic rings. The molecule has 1 aliphatic rings. The maximum atomic E-state index is 11.5. The average molecular weight is 373 g/mol. The summed E-state index contributed by atoms with van der Waals surface area (Å²) < 4.78 is 1.87. The number of anilines is 1. The van der Waals surface area contributed by atoms with Crippen molar-refractivity contribution in [2.75, 3.05) is 5.32 Å².